The lowest BCUT2D eigenvalue weighted by atomic mass is 10.2. The third-order valence-electron chi connectivity index (χ3n) is 2.18. The van der Waals surface area contributed by atoms with Crippen molar-refractivity contribution in [3.63, 3.8) is 0 Å². The van der Waals surface area contributed by atoms with Gasteiger partial charge in [0, 0.05) is 13.6 Å². The van der Waals surface area contributed by atoms with Crippen molar-refractivity contribution >= 4 is 11.5 Å². The Morgan fingerprint density at radius 2 is 2.35 bits per heavy atom. The Morgan fingerprint density at radius 3 is 3.00 bits per heavy atom. The molecule has 0 fully saturated rings. The quantitative estimate of drug-likeness (QED) is 0.674. The van der Waals surface area contributed by atoms with Crippen LogP contribution in [0.25, 0.3) is 0 Å². The van der Waals surface area contributed by atoms with Crippen molar-refractivity contribution in [1.29, 1.82) is 5.26 Å². The monoisotopic (exact) mass is 236 g/mol. The van der Waals surface area contributed by atoms with E-state index >= 15 is 0 Å². The van der Waals surface area contributed by atoms with Crippen LogP contribution >= 0.6 is 0 Å². The summed E-state index contributed by atoms with van der Waals surface area (Å²) >= 11 is 0. The summed E-state index contributed by atoms with van der Waals surface area (Å²) in [5.74, 6) is 0.578. The number of pyridine rings is 1. The first-order valence-corrected chi connectivity index (χ1v) is 5.24. The fraction of sp³-hybridized carbons (Fsp3) is 0.455. The van der Waals surface area contributed by atoms with Crippen LogP contribution in [0.3, 0.4) is 0 Å². The number of rotatable bonds is 6. The number of nitrogens with two attached hydrogens (primary N) is 1. The molecule has 6 nitrogen and oxygen atoms in total. The summed E-state index contributed by atoms with van der Waals surface area (Å²) in [6, 6.07) is 3.64. The molecular weight excluding hydrogens is 220 g/mol. The Balaban J connectivity index is 2.62. The second kappa shape index (κ2) is 6.68. The molecule has 1 rings (SSSR count). The number of nitrogens with zero attached hydrogens (tertiary/aromatic N) is 3. The zero-order chi connectivity index (χ0) is 12.7. The van der Waals surface area contributed by atoms with Crippen molar-refractivity contribution < 1.29 is 9.84 Å². The van der Waals surface area contributed by atoms with Gasteiger partial charge in [0.1, 0.15) is 11.9 Å². The minimum atomic E-state index is 0.00722. The van der Waals surface area contributed by atoms with Crippen LogP contribution in [0.2, 0.25) is 0 Å². The maximum atomic E-state index is 8.96. The van der Waals surface area contributed by atoms with Gasteiger partial charge in [-0.15, -0.1) is 0 Å². The molecule has 1 heterocycles. The lowest BCUT2D eigenvalue weighted by Gasteiger charge is -2.19. The van der Waals surface area contributed by atoms with Crippen molar-refractivity contribution in [2.24, 2.45) is 0 Å². The highest BCUT2D eigenvalue weighted by Gasteiger charge is 2.09. The molecule has 0 spiro atoms. The van der Waals surface area contributed by atoms with E-state index in [4.69, 9.17) is 20.8 Å². The van der Waals surface area contributed by atoms with Crippen molar-refractivity contribution in [2.75, 3.05) is 44.0 Å². The summed E-state index contributed by atoms with van der Waals surface area (Å²) in [5, 5.41) is 17.5. The van der Waals surface area contributed by atoms with E-state index in [0.29, 0.717) is 36.8 Å². The Bertz CT molecular complexity index is 403. The Kier molecular flexibility index (Phi) is 5.20. The highest BCUT2D eigenvalue weighted by atomic mass is 16.5. The van der Waals surface area contributed by atoms with E-state index in [1.54, 1.807) is 6.07 Å². The van der Waals surface area contributed by atoms with E-state index in [1.165, 1.54) is 6.20 Å². The molecule has 1 aromatic rings. The topological polar surface area (TPSA) is 95.4 Å². The molecule has 0 aliphatic rings. The van der Waals surface area contributed by atoms with E-state index in [1.807, 2.05) is 11.9 Å². The lowest BCUT2D eigenvalue weighted by Crippen LogP contribution is -2.25. The van der Waals surface area contributed by atoms with Crippen LogP contribution in [0.5, 0.6) is 0 Å². The van der Waals surface area contributed by atoms with E-state index in [9.17, 15) is 0 Å². The van der Waals surface area contributed by atoms with Crippen LogP contribution in [0.4, 0.5) is 11.5 Å². The standard InChI is InChI=1S/C11H16N4O2/c1-15(2-4-17-5-3-16)11-9(7-12)6-10(13)8-14-11/h6,8,16H,2-5,13H2,1H3. The minimum Gasteiger partial charge on any atom is -0.397 e. The van der Waals surface area contributed by atoms with Crippen LogP contribution in [0, 0.1) is 11.3 Å². The second-order valence-electron chi connectivity index (χ2n) is 3.51. The van der Waals surface area contributed by atoms with Crippen LogP contribution < -0.4 is 10.6 Å². The average molecular weight is 236 g/mol. The molecule has 92 valence electrons. The maximum absolute atomic E-state index is 8.96. The number of aliphatic hydroxyl groups is 1. The zero-order valence-electron chi connectivity index (χ0n) is 9.76. The molecule has 0 unspecified atom stereocenters. The van der Waals surface area contributed by atoms with Gasteiger partial charge >= 0.3 is 0 Å². The van der Waals surface area contributed by atoms with Crippen molar-refractivity contribution in [3.05, 3.63) is 17.8 Å². The summed E-state index contributed by atoms with van der Waals surface area (Å²) in [5.41, 5.74) is 6.47. The SMILES string of the molecule is CN(CCOCCO)c1ncc(N)cc1C#N. The summed E-state index contributed by atoms with van der Waals surface area (Å²) in [4.78, 5) is 5.94. The number of hydrogen-bond donors (Lipinski definition) is 2. The molecule has 0 saturated heterocycles. The van der Waals surface area contributed by atoms with Gasteiger partial charge in [-0.05, 0) is 6.07 Å². The maximum Gasteiger partial charge on any atom is 0.146 e. The Morgan fingerprint density at radius 1 is 1.59 bits per heavy atom. The molecule has 0 amide bonds. The van der Waals surface area contributed by atoms with E-state index in [-0.39, 0.29) is 6.61 Å². The van der Waals surface area contributed by atoms with Crippen molar-refractivity contribution in [2.45, 2.75) is 0 Å². The molecule has 0 radical (unpaired) electrons. The summed E-state index contributed by atoms with van der Waals surface area (Å²) < 4.78 is 5.15. The van der Waals surface area contributed by atoms with Gasteiger partial charge in [-0.1, -0.05) is 0 Å². The largest absolute Gasteiger partial charge is 0.397 e. The molecule has 0 saturated carbocycles. The molecule has 0 aliphatic carbocycles. The number of nitriles is 1. The van der Waals surface area contributed by atoms with Gasteiger partial charge in [0.05, 0.1) is 37.3 Å². The molecule has 17 heavy (non-hydrogen) atoms. The highest BCUT2D eigenvalue weighted by Crippen LogP contribution is 2.17. The molecule has 1 aromatic heterocycles. The average Bonchev–Trinajstić information content (AvgIpc) is 2.34. The third kappa shape index (κ3) is 3.90. The van der Waals surface area contributed by atoms with Gasteiger partial charge in [-0.3, -0.25) is 0 Å². The molecule has 0 aromatic carbocycles. The number of nitrogen functional groups attached to an aromatic ring is 1. The molecule has 3 N–H and O–H groups in total. The fourth-order valence-electron chi connectivity index (χ4n) is 1.33. The van der Waals surface area contributed by atoms with Crippen LogP contribution in [0.1, 0.15) is 5.56 Å². The van der Waals surface area contributed by atoms with Gasteiger partial charge in [0.2, 0.25) is 0 Å². The smallest absolute Gasteiger partial charge is 0.146 e. The lowest BCUT2D eigenvalue weighted by molar-refractivity contribution is 0.0970. The predicted octanol–water partition coefficient (Wildman–Crippen LogP) is -0.0194. The summed E-state index contributed by atoms with van der Waals surface area (Å²) in [7, 11) is 1.82. The van der Waals surface area contributed by atoms with Gasteiger partial charge < -0.3 is 20.5 Å². The summed E-state index contributed by atoms with van der Waals surface area (Å²) in [6.45, 7) is 1.38. The Hall–Kier alpha value is -1.84. The number of ether oxygens (including phenoxy) is 1. The molecule has 6 heteroatoms. The molecule has 0 atom stereocenters. The van der Waals surface area contributed by atoms with Crippen LogP contribution in [-0.4, -0.2) is 43.5 Å². The van der Waals surface area contributed by atoms with E-state index < -0.39 is 0 Å². The molecule has 0 aliphatic heterocycles. The second-order valence-corrected chi connectivity index (χ2v) is 3.51. The van der Waals surface area contributed by atoms with Gasteiger partial charge in [-0.2, -0.15) is 5.26 Å². The third-order valence-corrected chi connectivity index (χ3v) is 2.18. The first kappa shape index (κ1) is 13.2. The van der Waals surface area contributed by atoms with Crippen molar-refractivity contribution in [1.82, 2.24) is 4.98 Å². The van der Waals surface area contributed by atoms with Crippen LogP contribution in [0.15, 0.2) is 12.3 Å². The number of anilines is 2. The molecule has 0 bridgehead atoms. The normalized spacial score (nSPS) is 9.94. The van der Waals surface area contributed by atoms with Crippen LogP contribution in [-0.2, 0) is 4.74 Å². The molecular formula is C11H16N4O2. The number of aliphatic hydroxyl groups excluding tert-OH is 1. The zero-order valence-corrected chi connectivity index (χ0v) is 9.76. The van der Waals surface area contributed by atoms with E-state index in [0.717, 1.165) is 0 Å². The highest BCUT2D eigenvalue weighted by molar-refractivity contribution is 5.58. The number of hydrogen-bond acceptors (Lipinski definition) is 6. The minimum absolute atomic E-state index is 0.00722. The number of aromatic nitrogens is 1. The Labute approximate surface area is 100 Å². The van der Waals surface area contributed by atoms with Gasteiger partial charge in [0.25, 0.3) is 0 Å². The van der Waals surface area contributed by atoms with Gasteiger partial charge in [-0.25, -0.2) is 4.98 Å². The van der Waals surface area contributed by atoms with E-state index in [2.05, 4.69) is 11.1 Å². The first-order valence-electron chi connectivity index (χ1n) is 5.24. The predicted molar refractivity (Wildman–Crippen MR) is 64.5 cm³/mol. The summed E-state index contributed by atoms with van der Waals surface area (Å²) in [6.07, 6.45) is 1.52. The van der Waals surface area contributed by atoms with Crippen molar-refractivity contribution in [3.8, 4) is 6.07 Å². The number of likely N-dealkylation sites (N-methyl/N-ethyl adjacent to an activating group) is 1. The fourth-order valence-corrected chi connectivity index (χ4v) is 1.33. The first-order chi connectivity index (χ1) is 8.19. The van der Waals surface area contributed by atoms with Gasteiger partial charge in [0.15, 0.2) is 0 Å².